The molecule has 2 atom stereocenters. The van der Waals surface area contributed by atoms with Gasteiger partial charge in [0.1, 0.15) is 5.78 Å². The van der Waals surface area contributed by atoms with E-state index in [9.17, 15) is 24.5 Å². The number of ketones is 1. The van der Waals surface area contributed by atoms with Crippen molar-refractivity contribution in [2.24, 2.45) is 5.92 Å². The number of ether oxygens (including phenoxy) is 2. The Labute approximate surface area is 156 Å². The van der Waals surface area contributed by atoms with Gasteiger partial charge in [-0.05, 0) is 27.2 Å². The second-order valence-corrected chi connectivity index (χ2v) is 6.21. The first kappa shape index (κ1) is 20.5. The van der Waals surface area contributed by atoms with E-state index < -0.39 is 34.4 Å². The quantitative estimate of drug-likeness (QED) is 0.329. The first-order chi connectivity index (χ1) is 12.8. The molecule has 0 bridgehead atoms. The number of rotatable bonds is 7. The summed E-state index contributed by atoms with van der Waals surface area (Å²) in [6.45, 7) is 4.56. The first-order valence-electron chi connectivity index (χ1n) is 8.64. The summed E-state index contributed by atoms with van der Waals surface area (Å²) in [6, 6.07) is 5.00. The molecule has 1 aliphatic heterocycles. The fraction of sp³-hybridized carbons (Fsp3) is 0.500. The maximum atomic E-state index is 12.6. The topological polar surface area (TPSA) is 125 Å². The molecule has 0 aliphatic carbocycles. The molecular weight excluding hydrogens is 356 g/mol. The van der Waals surface area contributed by atoms with Gasteiger partial charge in [-0.15, -0.1) is 0 Å². The van der Waals surface area contributed by atoms with Crippen LogP contribution in [0.1, 0.15) is 38.8 Å². The van der Waals surface area contributed by atoms with Crippen LogP contribution in [0.2, 0.25) is 0 Å². The van der Waals surface area contributed by atoms with Gasteiger partial charge in [0.05, 0.1) is 24.2 Å². The SMILES string of the molecule is CCOC(=O)C1(C(=O)OCC)CC(C(C)=O)C(c2ccccc2[N+](=O)[O-])N1. The molecule has 2 unspecified atom stereocenters. The number of nitrogens with one attached hydrogen (secondary N) is 1. The Bertz CT molecular complexity index is 744. The van der Waals surface area contributed by atoms with E-state index in [-0.39, 0.29) is 36.7 Å². The Hall–Kier alpha value is -2.81. The molecule has 0 saturated carbocycles. The molecule has 0 radical (unpaired) electrons. The van der Waals surface area contributed by atoms with Gasteiger partial charge in [0.25, 0.3) is 5.69 Å². The fourth-order valence-electron chi connectivity index (χ4n) is 3.34. The third kappa shape index (κ3) is 3.82. The lowest BCUT2D eigenvalue weighted by molar-refractivity contribution is -0.385. The van der Waals surface area contributed by atoms with Crippen molar-refractivity contribution < 1.29 is 28.8 Å². The van der Waals surface area contributed by atoms with Crippen molar-refractivity contribution in [3.05, 3.63) is 39.9 Å². The van der Waals surface area contributed by atoms with Crippen LogP contribution < -0.4 is 5.32 Å². The summed E-state index contributed by atoms with van der Waals surface area (Å²) in [4.78, 5) is 48.3. The minimum absolute atomic E-state index is 0.0303. The summed E-state index contributed by atoms with van der Waals surface area (Å²) in [6.07, 6.45) is -0.198. The number of nitrogens with zero attached hydrogens (tertiary/aromatic N) is 1. The number of benzene rings is 1. The summed E-state index contributed by atoms with van der Waals surface area (Å²) in [5.41, 5.74) is -1.88. The number of Topliss-reactive ketones (excluding diaryl/α,β-unsaturated/α-hetero) is 1. The minimum Gasteiger partial charge on any atom is -0.464 e. The van der Waals surface area contributed by atoms with E-state index in [1.54, 1.807) is 19.9 Å². The monoisotopic (exact) mass is 378 g/mol. The van der Waals surface area contributed by atoms with E-state index in [0.717, 1.165) is 0 Å². The van der Waals surface area contributed by atoms with Crippen LogP contribution in [0, 0.1) is 16.0 Å². The molecular formula is C18H22N2O7. The van der Waals surface area contributed by atoms with Gasteiger partial charge in [-0.3, -0.25) is 20.2 Å². The van der Waals surface area contributed by atoms with Gasteiger partial charge in [0, 0.05) is 17.5 Å². The minimum atomic E-state index is -1.89. The van der Waals surface area contributed by atoms with Crippen molar-refractivity contribution in [1.82, 2.24) is 5.32 Å². The van der Waals surface area contributed by atoms with Gasteiger partial charge in [0.2, 0.25) is 5.54 Å². The van der Waals surface area contributed by atoms with E-state index >= 15 is 0 Å². The van der Waals surface area contributed by atoms with Gasteiger partial charge < -0.3 is 9.47 Å². The van der Waals surface area contributed by atoms with Gasteiger partial charge in [-0.2, -0.15) is 0 Å². The van der Waals surface area contributed by atoms with Gasteiger partial charge in [0.15, 0.2) is 0 Å². The van der Waals surface area contributed by atoms with E-state index in [4.69, 9.17) is 9.47 Å². The lowest BCUT2D eigenvalue weighted by Gasteiger charge is -2.25. The standard InChI is InChI=1S/C18H22N2O7/c1-4-26-16(22)18(17(23)27-5-2)10-13(11(3)21)15(19-18)12-8-6-7-9-14(12)20(24)25/h6-9,13,15,19H,4-5,10H2,1-3H3. The second-order valence-electron chi connectivity index (χ2n) is 6.21. The zero-order chi connectivity index (χ0) is 20.2. The Morgan fingerprint density at radius 3 is 2.22 bits per heavy atom. The van der Waals surface area contributed by atoms with Crippen molar-refractivity contribution in [1.29, 1.82) is 0 Å². The van der Waals surface area contributed by atoms with Crippen molar-refractivity contribution in [3.8, 4) is 0 Å². The largest absolute Gasteiger partial charge is 0.464 e. The maximum absolute atomic E-state index is 12.6. The Balaban J connectivity index is 2.56. The smallest absolute Gasteiger partial charge is 0.338 e. The lowest BCUT2D eigenvalue weighted by atomic mass is 9.86. The molecule has 1 aromatic rings. The Morgan fingerprint density at radius 1 is 1.19 bits per heavy atom. The molecule has 0 spiro atoms. The number of carbonyl (C=O) groups is 3. The van der Waals surface area contributed by atoms with E-state index in [2.05, 4.69) is 5.32 Å². The molecule has 0 aromatic heterocycles. The number of nitro benzene ring substituents is 1. The highest BCUT2D eigenvalue weighted by atomic mass is 16.6. The van der Waals surface area contributed by atoms with Crippen LogP contribution in [-0.2, 0) is 23.9 Å². The molecule has 1 N–H and O–H groups in total. The predicted octanol–water partition coefficient (Wildman–Crippen LogP) is 1.70. The van der Waals surface area contributed by atoms with Crippen molar-refractivity contribution >= 4 is 23.4 Å². The highest BCUT2D eigenvalue weighted by molar-refractivity contribution is 6.06. The van der Waals surface area contributed by atoms with Crippen LogP contribution in [0.15, 0.2) is 24.3 Å². The van der Waals surface area contributed by atoms with Gasteiger partial charge in [-0.1, -0.05) is 18.2 Å². The summed E-state index contributed by atoms with van der Waals surface area (Å²) in [7, 11) is 0. The maximum Gasteiger partial charge on any atom is 0.338 e. The van der Waals surface area contributed by atoms with Crippen molar-refractivity contribution in [2.75, 3.05) is 13.2 Å². The highest BCUT2D eigenvalue weighted by Crippen LogP contribution is 2.42. The van der Waals surface area contributed by atoms with Gasteiger partial charge >= 0.3 is 11.9 Å². The van der Waals surface area contributed by atoms with Crippen LogP contribution in [0.4, 0.5) is 5.69 Å². The average Bonchev–Trinajstić information content (AvgIpc) is 3.04. The summed E-state index contributed by atoms with van der Waals surface area (Å²) >= 11 is 0. The summed E-state index contributed by atoms with van der Waals surface area (Å²) in [5, 5.41) is 14.2. The number of nitro groups is 1. The third-order valence-electron chi connectivity index (χ3n) is 4.57. The zero-order valence-electron chi connectivity index (χ0n) is 15.4. The van der Waals surface area contributed by atoms with E-state index in [0.29, 0.717) is 0 Å². The number of hydrogen-bond donors (Lipinski definition) is 1. The molecule has 27 heavy (non-hydrogen) atoms. The number of carbonyl (C=O) groups excluding carboxylic acids is 3. The molecule has 1 saturated heterocycles. The second kappa shape index (κ2) is 8.26. The lowest BCUT2D eigenvalue weighted by Crippen LogP contribution is -2.56. The number of hydrogen-bond acceptors (Lipinski definition) is 8. The van der Waals surface area contributed by atoms with Crippen LogP contribution in [-0.4, -0.2) is 41.4 Å². The molecule has 146 valence electrons. The third-order valence-corrected chi connectivity index (χ3v) is 4.57. The first-order valence-corrected chi connectivity index (χ1v) is 8.64. The average molecular weight is 378 g/mol. The number of para-hydroxylation sites is 1. The molecule has 1 fully saturated rings. The molecule has 9 heteroatoms. The van der Waals surface area contributed by atoms with E-state index in [1.807, 2.05) is 0 Å². The van der Waals surface area contributed by atoms with Gasteiger partial charge in [-0.25, -0.2) is 9.59 Å². The Kier molecular flexibility index (Phi) is 6.27. The predicted molar refractivity (Wildman–Crippen MR) is 93.8 cm³/mol. The molecule has 9 nitrogen and oxygen atoms in total. The Morgan fingerprint density at radius 2 is 1.74 bits per heavy atom. The van der Waals surface area contributed by atoms with E-state index in [1.165, 1.54) is 25.1 Å². The van der Waals surface area contributed by atoms with Crippen LogP contribution in [0.3, 0.4) is 0 Å². The summed E-state index contributed by atoms with van der Waals surface area (Å²) in [5.74, 6) is -2.87. The van der Waals surface area contributed by atoms with Crippen LogP contribution >= 0.6 is 0 Å². The molecule has 1 aromatic carbocycles. The number of esters is 2. The molecule has 0 amide bonds. The zero-order valence-corrected chi connectivity index (χ0v) is 15.4. The molecule has 2 rings (SSSR count). The molecule has 1 heterocycles. The molecule has 1 aliphatic rings. The summed E-state index contributed by atoms with van der Waals surface area (Å²) < 4.78 is 10.1. The van der Waals surface area contributed by atoms with Crippen LogP contribution in [0.25, 0.3) is 0 Å². The van der Waals surface area contributed by atoms with Crippen LogP contribution in [0.5, 0.6) is 0 Å². The van der Waals surface area contributed by atoms with Crippen molar-refractivity contribution in [2.45, 2.75) is 38.8 Å². The van der Waals surface area contributed by atoms with Crippen molar-refractivity contribution in [3.63, 3.8) is 0 Å². The fourth-order valence-corrected chi connectivity index (χ4v) is 3.34. The normalized spacial score (nSPS) is 20.7. The highest BCUT2D eigenvalue weighted by Gasteiger charge is 2.59.